The summed E-state index contributed by atoms with van der Waals surface area (Å²) in [6, 6.07) is 10.5. The molecule has 0 saturated carbocycles. The number of benzene rings is 1. The SMILES string of the molecule is O=C(N[C@@H](CO)c1ccccc1)c1ccoc1. The first-order valence-corrected chi connectivity index (χ1v) is 5.30. The topological polar surface area (TPSA) is 62.5 Å². The van der Waals surface area contributed by atoms with Crippen molar-refractivity contribution in [1.82, 2.24) is 5.32 Å². The monoisotopic (exact) mass is 231 g/mol. The zero-order chi connectivity index (χ0) is 12.1. The molecule has 2 N–H and O–H groups in total. The van der Waals surface area contributed by atoms with E-state index in [2.05, 4.69) is 5.32 Å². The van der Waals surface area contributed by atoms with E-state index in [0.29, 0.717) is 5.56 Å². The highest BCUT2D eigenvalue weighted by molar-refractivity contribution is 5.94. The molecule has 1 atom stereocenters. The van der Waals surface area contributed by atoms with Crippen molar-refractivity contribution in [2.75, 3.05) is 6.61 Å². The number of aliphatic hydroxyl groups excluding tert-OH is 1. The summed E-state index contributed by atoms with van der Waals surface area (Å²) >= 11 is 0. The zero-order valence-corrected chi connectivity index (χ0v) is 9.17. The number of nitrogens with one attached hydrogen (secondary N) is 1. The van der Waals surface area contributed by atoms with Crippen molar-refractivity contribution in [3.05, 3.63) is 60.1 Å². The van der Waals surface area contributed by atoms with Crippen LogP contribution in [0.15, 0.2) is 53.3 Å². The molecule has 1 aromatic heterocycles. The molecular formula is C13H13NO3. The third-order valence-electron chi connectivity index (χ3n) is 2.47. The molecule has 2 rings (SSSR count). The van der Waals surface area contributed by atoms with Gasteiger partial charge in [-0.1, -0.05) is 30.3 Å². The number of aliphatic hydroxyl groups is 1. The fraction of sp³-hybridized carbons (Fsp3) is 0.154. The van der Waals surface area contributed by atoms with Crippen molar-refractivity contribution in [2.24, 2.45) is 0 Å². The molecule has 4 nitrogen and oxygen atoms in total. The molecule has 0 unspecified atom stereocenters. The Morgan fingerprint density at radius 3 is 2.65 bits per heavy atom. The number of carbonyl (C=O) groups excluding carboxylic acids is 1. The lowest BCUT2D eigenvalue weighted by Gasteiger charge is -2.15. The Hall–Kier alpha value is -2.07. The molecule has 0 aliphatic rings. The molecule has 0 aliphatic carbocycles. The van der Waals surface area contributed by atoms with Crippen LogP contribution in [0.1, 0.15) is 22.0 Å². The number of rotatable bonds is 4. The van der Waals surface area contributed by atoms with Gasteiger partial charge in [0.05, 0.1) is 24.5 Å². The highest BCUT2D eigenvalue weighted by atomic mass is 16.3. The van der Waals surface area contributed by atoms with Crippen LogP contribution >= 0.6 is 0 Å². The van der Waals surface area contributed by atoms with Crippen LogP contribution in [0, 0.1) is 0 Å². The number of carbonyl (C=O) groups is 1. The van der Waals surface area contributed by atoms with Crippen LogP contribution in [-0.2, 0) is 0 Å². The summed E-state index contributed by atoms with van der Waals surface area (Å²) in [5.41, 5.74) is 1.31. The van der Waals surface area contributed by atoms with Crippen molar-refractivity contribution in [1.29, 1.82) is 0 Å². The molecule has 2 aromatic rings. The van der Waals surface area contributed by atoms with Crippen molar-refractivity contribution in [3.8, 4) is 0 Å². The van der Waals surface area contributed by atoms with E-state index in [1.165, 1.54) is 12.5 Å². The fourth-order valence-corrected chi connectivity index (χ4v) is 1.55. The summed E-state index contributed by atoms with van der Waals surface area (Å²) in [5, 5.41) is 12.0. The smallest absolute Gasteiger partial charge is 0.255 e. The summed E-state index contributed by atoms with van der Waals surface area (Å²) in [5.74, 6) is -0.262. The summed E-state index contributed by atoms with van der Waals surface area (Å²) < 4.78 is 4.83. The van der Waals surface area contributed by atoms with Crippen LogP contribution in [0.4, 0.5) is 0 Å². The lowest BCUT2D eigenvalue weighted by Crippen LogP contribution is -2.30. The van der Waals surface area contributed by atoms with E-state index in [1.807, 2.05) is 30.3 Å². The normalized spacial score (nSPS) is 12.1. The van der Waals surface area contributed by atoms with Crippen molar-refractivity contribution >= 4 is 5.91 Å². The molecule has 0 aliphatic heterocycles. The quantitative estimate of drug-likeness (QED) is 0.842. The van der Waals surface area contributed by atoms with Gasteiger partial charge >= 0.3 is 0 Å². The Morgan fingerprint density at radius 1 is 1.29 bits per heavy atom. The molecular weight excluding hydrogens is 218 g/mol. The van der Waals surface area contributed by atoms with Gasteiger partial charge in [-0.3, -0.25) is 4.79 Å². The highest BCUT2D eigenvalue weighted by Gasteiger charge is 2.15. The Kier molecular flexibility index (Phi) is 3.57. The Labute approximate surface area is 98.9 Å². The van der Waals surface area contributed by atoms with Crippen LogP contribution in [-0.4, -0.2) is 17.6 Å². The first-order valence-electron chi connectivity index (χ1n) is 5.30. The van der Waals surface area contributed by atoms with Crippen molar-refractivity contribution < 1.29 is 14.3 Å². The van der Waals surface area contributed by atoms with Gasteiger partial charge in [0.15, 0.2) is 0 Å². The number of hydrogen-bond acceptors (Lipinski definition) is 3. The predicted octanol–water partition coefficient (Wildman–Crippen LogP) is 1.74. The molecule has 0 bridgehead atoms. The van der Waals surface area contributed by atoms with E-state index >= 15 is 0 Å². The molecule has 17 heavy (non-hydrogen) atoms. The summed E-state index contributed by atoms with van der Waals surface area (Å²) in [6.45, 7) is -0.145. The van der Waals surface area contributed by atoms with E-state index < -0.39 is 6.04 Å². The predicted molar refractivity (Wildman–Crippen MR) is 62.4 cm³/mol. The Balaban J connectivity index is 2.09. The van der Waals surface area contributed by atoms with E-state index in [1.54, 1.807) is 6.07 Å². The first-order chi connectivity index (χ1) is 8.31. The molecule has 4 heteroatoms. The molecule has 1 amide bonds. The maximum Gasteiger partial charge on any atom is 0.255 e. The fourth-order valence-electron chi connectivity index (χ4n) is 1.55. The minimum absolute atomic E-state index is 0.145. The maximum absolute atomic E-state index is 11.8. The lowest BCUT2D eigenvalue weighted by molar-refractivity contribution is 0.0915. The first kappa shape index (κ1) is 11.4. The molecule has 88 valence electrons. The number of amides is 1. The van der Waals surface area contributed by atoms with Gasteiger partial charge in [-0.05, 0) is 11.6 Å². The lowest BCUT2D eigenvalue weighted by atomic mass is 10.1. The molecule has 1 aromatic carbocycles. The average Bonchev–Trinajstić information content (AvgIpc) is 2.90. The molecule has 0 saturated heterocycles. The second kappa shape index (κ2) is 5.32. The van der Waals surface area contributed by atoms with E-state index in [9.17, 15) is 9.90 Å². The molecule has 0 spiro atoms. The van der Waals surface area contributed by atoms with Gasteiger partial charge in [0.25, 0.3) is 5.91 Å². The third-order valence-corrected chi connectivity index (χ3v) is 2.47. The van der Waals surface area contributed by atoms with Gasteiger partial charge < -0.3 is 14.8 Å². The number of hydrogen-bond donors (Lipinski definition) is 2. The van der Waals surface area contributed by atoms with Crippen LogP contribution < -0.4 is 5.32 Å². The minimum atomic E-state index is -0.404. The van der Waals surface area contributed by atoms with Gasteiger partial charge in [-0.25, -0.2) is 0 Å². The van der Waals surface area contributed by atoms with Crippen LogP contribution in [0.3, 0.4) is 0 Å². The third kappa shape index (κ3) is 2.73. The van der Waals surface area contributed by atoms with Crippen LogP contribution in [0.2, 0.25) is 0 Å². The second-order valence-electron chi connectivity index (χ2n) is 3.63. The summed E-state index contributed by atoms with van der Waals surface area (Å²) in [4.78, 5) is 11.8. The highest BCUT2D eigenvalue weighted by Crippen LogP contribution is 2.12. The molecule has 0 radical (unpaired) electrons. The van der Waals surface area contributed by atoms with Gasteiger partial charge in [0.1, 0.15) is 6.26 Å². The van der Waals surface area contributed by atoms with Crippen molar-refractivity contribution in [2.45, 2.75) is 6.04 Å². The van der Waals surface area contributed by atoms with Gasteiger partial charge in [-0.2, -0.15) is 0 Å². The standard InChI is InChI=1S/C13H13NO3/c15-8-12(10-4-2-1-3-5-10)14-13(16)11-6-7-17-9-11/h1-7,9,12,15H,8H2,(H,14,16)/t12-/m0/s1. The van der Waals surface area contributed by atoms with Crippen LogP contribution in [0.25, 0.3) is 0 Å². The summed E-state index contributed by atoms with van der Waals surface area (Å²) in [6.07, 6.45) is 2.81. The molecule has 0 fully saturated rings. The average molecular weight is 231 g/mol. The van der Waals surface area contributed by atoms with E-state index in [0.717, 1.165) is 5.56 Å². The zero-order valence-electron chi connectivity index (χ0n) is 9.17. The van der Waals surface area contributed by atoms with Crippen LogP contribution in [0.5, 0.6) is 0 Å². The van der Waals surface area contributed by atoms with E-state index in [4.69, 9.17) is 4.42 Å². The Bertz CT molecular complexity index is 465. The Morgan fingerprint density at radius 2 is 2.06 bits per heavy atom. The number of furan rings is 1. The van der Waals surface area contributed by atoms with Gasteiger partial charge in [0.2, 0.25) is 0 Å². The van der Waals surface area contributed by atoms with Gasteiger partial charge in [0, 0.05) is 0 Å². The van der Waals surface area contributed by atoms with E-state index in [-0.39, 0.29) is 12.5 Å². The maximum atomic E-state index is 11.8. The van der Waals surface area contributed by atoms with Crippen molar-refractivity contribution in [3.63, 3.8) is 0 Å². The second-order valence-corrected chi connectivity index (χ2v) is 3.63. The largest absolute Gasteiger partial charge is 0.472 e. The molecule has 1 heterocycles. The summed E-state index contributed by atoms with van der Waals surface area (Å²) in [7, 11) is 0. The minimum Gasteiger partial charge on any atom is -0.472 e. The van der Waals surface area contributed by atoms with Gasteiger partial charge in [-0.15, -0.1) is 0 Å².